The van der Waals surface area contributed by atoms with Crippen LogP contribution < -0.4 is 10.2 Å². The summed E-state index contributed by atoms with van der Waals surface area (Å²) < 4.78 is 5.49. The van der Waals surface area contributed by atoms with Gasteiger partial charge >= 0.3 is 12.1 Å². The first-order chi connectivity index (χ1) is 16.3. The number of alkyl carbamates (subject to hydrolysis) is 1. The summed E-state index contributed by atoms with van der Waals surface area (Å²) in [4.78, 5) is 37.9. The number of carboxylic acid groups (broad SMARTS) is 1. The normalized spacial score (nSPS) is 12.9. The molecule has 2 amide bonds. The Morgan fingerprint density at radius 2 is 1.62 bits per heavy atom. The highest BCUT2D eigenvalue weighted by Crippen LogP contribution is 2.44. The van der Waals surface area contributed by atoms with Crippen molar-refractivity contribution in [3.8, 4) is 11.1 Å². The number of rotatable bonds is 7. The third-order valence-corrected chi connectivity index (χ3v) is 5.96. The molecular formula is C26H23ClN2O5. The van der Waals surface area contributed by atoms with Gasteiger partial charge in [0.1, 0.15) is 19.2 Å². The molecule has 3 aromatic carbocycles. The van der Waals surface area contributed by atoms with Gasteiger partial charge in [-0.25, -0.2) is 4.79 Å². The number of carbonyl (C=O) groups excluding carboxylic acids is 2. The predicted octanol–water partition coefficient (Wildman–Crippen LogP) is 4.68. The molecule has 0 fully saturated rings. The second kappa shape index (κ2) is 9.97. The van der Waals surface area contributed by atoms with Crippen molar-refractivity contribution >= 4 is 35.3 Å². The van der Waals surface area contributed by atoms with E-state index in [1.807, 2.05) is 48.5 Å². The van der Waals surface area contributed by atoms with Crippen molar-refractivity contribution in [2.45, 2.75) is 18.9 Å². The molecule has 0 saturated carbocycles. The number of anilines is 1. The molecule has 1 aliphatic carbocycles. The number of halogens is 1. The van der Waals surface area contributed by atoms with Crippen molar-refractivity contribution in [1.29, 1.82) is 0 Å². The number of carbonyl (C=O) groups is 3. The Labute approximate surface area is 201 Å². The van der Waals surface area contributed by atoms with Gasteiger partial charge in [-0.15, -0.1) is 0 Å². The Hall–Kier alpha value is -3.84. The molecule has 0 radical (unpaired) electrons. The van der Waals surface area contributed by atoms with E-state index in [-0.39, 0.29) is 12.5 Å². The highest BCUT2D eigenvalue weighted by atomic mass is 35.5. The van der Waals surface area contributed by atoms with Crippen molar-refractivity contribution in [3.63, 3.8) is 0 Å². The summed E-state index contributed by atoms with van der Waals surface area (Å²) in [6.45, 7) is 1.01. The molecule has 2 N–H and O–H groups in total. The maximum absolute atomic E-state index is 13.0. The molecule has 0 heterocycles. The van der Waals surface area contributed by atoms with Crippen molar-refractivity contribution in [2.75, 3.05) is 18.1 Å². The minimum atomic E-state index is -1.19. The van der Waals surface area contributed by atoms with E-state index in [0.29, 0.717) is 10.7 Å². The lowest BCUT2D eigenvalue weighted by Gasteiger charge is -2.25. The summed E-state index contributed by atoms with van der Waals surface area (Å²) in [5, 5.41) is 12.1. The number of amides is 2. The van der Waals surface area contributed by atoms with Crippen molar-refractivity contribution in [2.24, 2.45) is 0 Å². The molecule has 174 valence electrons. The zero-order chi connectivity index (χ0) is 24.2. The van der Waals surface area contributed by atoms with Crippen LogP contribution in [0.15, 0.2) is 72.8 Å². The Bertz CT molecular complexity index is 1200. The number of hydrogen-bond donors (Lipinski definition) is 2. The van der Waals surface area contributed by atoms with Crippen molar-refractivity contribution in [1.82, 2.24) is 5.32 Å². The summed E-state index contributed by atoms with van der Waals surface area (Å²) in [6.07, 6.45) is -0.760. The third kappa shape index (κ3) is 4.89. The van der Waals surface area contributed by atoms with Gasteiger partial charge in [-0.2, -0.15) is 0 Å². The zero-order valence-corrected chi connectivity index (χ0v) is 19.2. The van der Waals surface area contributed by atoms with Crippen molar-refractivity contribution in [3.05, 3.63) is 88.9 Å². The quantitative estimate of drug-likeness (QED) is 0.513. The smallest absolute Gasteiger partial charge is 0.407 e. The lowest BCUT2D eigenvalue weighted by atomic mass is 9.98. The summed E-state index contributed by atoms with van der Waals surface area (Å²) in [5.74, 6) is -1.90. The molecule has 0 aromatic heterocycles. The molecular weight excluding hydrogens is 456 g/mol. The number of benzene rings is 3. The van der Waals surface area contributed by atoms with Crippen LogP contribution in [0.5, 0.6) is 0 Å². The molecule has 0 bridgehead atoms. The Balaban J connectivity index is 1.43. The third-order valence-electron chi connectivity index (χ3n) is 5.73. The average Bonchev–Trinajstić information content (AvgIpc) is 3.14. The fraction of sp³-hybridized carbons (Fsp3) is 0.192. The number of nitrogens with zero attached hydrogens (tertiary/aromatic N) is 1. The maximum Gasteiger partial charge on any atom is 0.407 e. The van der Waals surface area contributed by atoms with Crippen LogP contribution in [0.3, 0.4) is 0 Å². The number of carboxylic acids is 1. The average molecular weight is 479 g/mol. The Morgan fingerprint density at radius 3 is 2.21 bits per heavy atom. The molecule has 0 aliphatic heterocycles. The molecule has 34 heavy (non-hydrogen) atoms. The minimum Gasteiger partial charge on any atom is -0.480 e. The minimum absolute atomic E-state index is 0.105. The van der Waals surface area contributed by atoms with E-state index in [1.54, 1.807) is 18.2 Å². The molecule has 0 spiro atoms. The number of nitrogens with one attached hydrogen (secondary N) is 1. The van der Waals surface area contributed by atoms with Crippen LogP contribution in [0.1, 0.15) is 24.0 Å². The van der Waals surface area contributed by atoms with Gasteiger partial charge in [-0.1, -0.05) is 66.2 Å². The number of fused-ring (bicyclic) bond motifs is 3. The summed E-state index contributed by atoms with van der Waals surface area (Å²) >= 11 is 5.99. The van der Waals surface area contributed by atoms with E-state index >= 15 is 0 Å². The van der Waals surface area contributed by atoms with Gasteiger partial charge in [0.25, 0.3) is 0 Å². The second-order valence-corrected chi connectivity index (χ2v) is 8.43. The second-order valence-electron chi connectivity index (χ2n) is 7.99. The van der Waals surface area contributed by atoms with Gasteiger partial charge < -0.3 is 15.2 Å². The maximum atomic E-state index is 13.0. The van der Waals surface area contributed by atoms with Crippen molar-refractivity contribution < 1.29 is 24.2 Å². The highest BCUT2D eigenvalue weighted by Gasteiger charge is 2.30. The topological polar surface area (TPSA) is 95.9 Å². The van der Waals surface area contributed by atoms with Gasteiger partial charge in [0.05, 0.1) is 0 Å². The first-order valence-electron chi connectivity index (χ1n) is 10.8. The van der Waals surface area contributed by atoms with Crippen LogP contribution in [0.2, 0.25) is 5.02 Å². The first kappa shape index (κ1) is 23.3. The van der Waals surface area contributed by atoms with Crippen LogP contribution >= 0.6 is 11.6 Å². The molecule has 4 rings (SSSR count). The van der Waals surface area contributed by atoms with Gasteiger partial charge in [-0.3, -0.25) is 14.5 Å². The summed E-state index contributed by atoms with van der Waals surface area (Å²) in [5.41, 5.74) is 4.70. The molecule has 8 heteroatoms. The van der Waals surface area contributed by atoms with E-state index in [9.17, 15) is 19.5 Å². The SMILES string of the molecule is C[C@@H](NC(=O)OCC1c2ccccc2-c2ccccc21)C(=O)N(CC(=O)O)c1cccc(Cl)c1. The molecule has 1 aliphatic rings. The zero-order valence-electron chi connectivity index (χ0n) is 18.4. The lowest BCUT2D eigenvalue weighted by molar-refractivity contribution is -0.136. The standard InChI is InChI=1S/C26H23ClN2O5/c1-16(25(32)29(14-24(30)31)18-8-6-7-17(27)13-18)28-26(33)34-15-23-21-11-4-2-9-19(21)20-10-3-5-12-22(20)23/h2-13,16,23H,14-15H2,1H3,(H,28,33)(H,30,31)/t16-/m1/s1. The number of aliphatic carboxylic acids is 1. The lowest BCUT2D eigenvalue weighted by Crippen LogP contribution is -2.49. The molecule has 1 atom stereocenters. The van der Waals surface area contributed by atoms with Crippen LogP contribution in [0.25, 0.3) is 11.1 Å². The Morgan fingerprint density at radius 1 is 1.00 bits per heavy atom. The molecule has 3 aromatic rings. The van der Waals surface area contributed by atoms with Gasteiger partial charge in [0.15, 0.2) is 0 Å². The Kier molecular flexibility index (Phi) is 6.84. The summed E-state index contributed by atoms with van der Waals surface area (Å²) in [6, 6.07) is 21.2. The first-order valence-corrected chi connectivity index (χ1v) is 11.1. The van der Waals surface area contributed by atoms with E-state index in [2.05, 4.69) is 5.32 Å². The number of ether oxygens (including phenoxy) is 1. The van der Waals surface area contributed by atoms with Crippen LogP contribution in [0, 0.1) is 0 Å². The van der Waals surface area contributed by atoms with E-state index in [1.165, 1.54) is 13.0 Å². The van der Waals surface area contributed by atoms with Gasteiger partial charge in [0, 0.05) is 16.6 Å². The van der Waals surface area contributed by atoms with E-state index in [4.69, 9.17) is 16.3 Å². The largest absolute Gasteiger partial charge is 0.480 e. The molecule has 0 unspecified atom stereocenters. The monoisotopic (exact) mass is 478 g/mol. The van der Waals surface area contributed by atoms with Crippen LogP contribution in [0.4, 0.5) is 10.5 Å². The highest BCUT2D eigenvalue weighted by molar-refractivity contribution is 6.31. The predicted molar refractivity (Wildman–Crippen MR) is 129 cm³/mol. The fourth-order valence-corrected chi connectivity index (χ4v) is 4.37. The van der Waals surface area contributed by atoms with E-state index < -0.39 is 30.6 Å². The van der Waals surface area contributed by atoms with E-state index in [0.717, 1.165) is 27.2 Å². The summed E-state index contributed by atoms with van der Waals surface area (Å²) in [7, 11) is 0. The van der Waals surface area contributed by atoms with Gasteiger partial charge in [-0.05, 0) is 47.4 Å². The number of hydrogen-bond acceptors (Lipinski definition) is 4. The van der Waals surface area contributed by atoms with Gasteiger partial charge in [0.2, 0.25) is 5.91 Å². The fourth-order valence-electron chi connectivity index (χ4n) is 4.19. The van der Waals surface area contributed by atoms with Crippen LogP contribution in [-0.4, -0.2) is 42.3 Å². The molecule has 0 saturated heterocycles. The molecule has 7 nitrogen and oxygen atoms in total. The van der Waals surface area contributed by atoms with Crippen LogP contribution in [-0.2, 0) is 14.3 Å².